The largest absolute Gasteiger partial charge is 0.354 e. The van der Waals surface area contributed by atoms with Crippen molar-refractivity contribution in [2.75, 3.05) is 31.3 Å². The Bertz CT molecular complexity index is 641. The number of hydrogen-bond donors (Lipinski definition) is 1. The second-order valence-electron chi connectivity index (χ2n) is 7.94. The summed E-state index contributed by atoms with van der Waals surface area (Å²) in [5.41, 5.74) is 1.91. The minimum atomic E-state index is -0.362. The highest BCUT2D eigenvalue weighted by Gasteiger charge is 2.34. The van der Waals surface area contributed by atoms with Crippen molar-refractivity contribution in [3.05, 3.63) is 35.4 Å². The molecule has 1 N–H and O–H groups in total. The van der Waals surface area contributed by atoms with E-state index in [-0.39, 0.29) is 17.9 Å². The lowest BCUT2D eigenvalue weighted by Crippen LogP contribution is -2.47. The molecule has 148 valence electrons. The zero-order valence-corrected chi connectivity index (χ0v) is 17.3. The average Bonchev–Trinajstić information content (AvgIpc) is 3.33. The third-order valence-electron chi connectivity index (χ3n) is 5.27. The van der Waals surface area contributed by atoms with Crippen molar-refractivity contribution in [3.8, 4) is 0 Å². The van der Waals surface area contributed by atoms with Crippen LogP contribution in [0.1, 0.15) is 49.0 Å². The van der Waals surface area contributed by atoms with Crippen molar-refractivity contribution in [3.63, 3.8) is 0 Å². The number of likely N-dealkylation sites (tertiary alicyclic amines) is 1. The van der Waals surface area contributed by atoms with E-state index in [0.717, 1.165) is 13.0 Å². The molecule has 2 fully saturated rings. The third kappa shape index (κ3) is 5.48. The summed E-state index contributed by atoms with van der Waals surface area (Å²) in [6.07, 6.45) is 3.52. The van der Waals surface area contributed by atoms with E-state index in [2.05, 4.69) is 24.1 Å². The molecule has 5 nitrogen and oxygen atoms in total. The maximum Gasteiger partial charge on any atom is 0.255 e. The van der Waals surface area contributed by atoms with Gasteiger partial charge in [0.05, 0.1) is 5.88 Å². The first-order valence-electron chi connectivity index (χ1n) is 10.0. The van der Waals surface area contributed by atoms with Crippen molar-refractivity contribution in [1.29, 1.82) is 0 Å². The molecule has 0 saturated carbocycles. The molecule has 2 aliphatic rings. The molecule has 2 heterocycles. The predicted octanol–water partition coefficient (Wildman–Crippen LogP) is 2.96. The Morgan fingerprint density at radius 3 is 2.56 bits per heavy atom. The number of nitrogens with one attached hydrogen (secondary N) is 1. The van der Waals surface area contributed by atoms with Gasteiger partial charge in [-0.2, -0.15) is 0 Å². The lowest BCUT2D eigenvalue weighted by Gasteiger charge is -2.23. The molecule has 1 aromatic carbocycles. The molecule has 6 heteroatoms. The second-order valence-corrected chi connectivity index (χ2v) is 8.94. The third-order valence-corrected chi connectivity index (χ3v) is 6.28. The van der Waals surface area contributed by atoms with Gasteiger partial charge < -0.3 is 10.2 Å². The van der Waals surface area contributed by atoms with E-state index in [1.807, 2.05) is 24.3 Å². The van der Waals surface area contributed by atoms with Crippen molar-refractivity contribution in [2.45, 2.75) is 45.7 Å². The number of amides is 2. The number of rotatable bonds is 7. The molecule has 2 amide bonds. The van der Waals surface area contributed by atoms with E-state index in [4.69, 9.17) is 0 Å². The smallest absolute Gasteiger partial charge is 0.255 e. The van der Waals surface area contributed by atoms with Gasteiger partial charge in [-0.3, -0.25) is 14.5 Å². The van der Waals surface area contributed by atoms with E-state index < -0.39 is 0 Å². The van der Waals surface area contributed by atoms with Crippen LogP contribution in [0, 0.1) is 5.92 Å². The molecule has 1 aromatic rings. The first-order chi connectivity index (χ1) is 13.0. The van der Waals surface area contributed by atoms with Crippen molar-refractivity contribution < 1.29 is 9.59 Å². The normalized spacial score (nSPS) is 20.4. The minimum absolute atomic E-state index is 0.0281. The van der Waals surface area contributed by atoms with Gasteiger partial charge in [-0.25, -0.2) is 0 Å². The highest BCUT2D eigenvalue weighted by atomic mass is 32.2. The van der Waals surface area contributed by atoms with Crippen LogP contribution in [0.15, 0.2) is 24.3 Å². The van der Waals surface area contributed by atoms with Crippen LogP contribution in [0.5, 0.6) is 0 Å². The molecule has 0 spiro atoms. The first-order valence-corrected chi connectivity index (χ1v) is 11.2. The van der Waals surface area contributed by atoms with E-state index in [9.17, 15) is 9.59 Å². The maximum atomic E-state index is 12.9. The Labute approximate surface area is 166 Å². The fourth-order valence-corrected chi connectivity index (χ4v) is 4.73. The molecule has 2 aliphatic heterocycles. The van der Waals surface area contributed by atoms with Gasteiger partial charge in [-0.15, -0.1) is 11.8 Å². The van der Waals surface area contributed by atoms with Gasteiger partial charge in [0, 0.05) is 24.4 Å². The molecule has 0 bridgehead atoms. The number of carbonyl (C=O) groups excluding carboxylic acids is 2. The van der Waals surface area contributed by atoms with Crippen molar-refractivity contribution in [1.82, 2.24) is 15.1 Å². The van der Waals surface area contributed by atoms with Gasteiger partial charge in [-0.1, -0.05) is 26.0 Å². The second kappa shape index (κ2) is 9.60. The topological polar surface area (TPSA) is 52.7 Å². The summed E-state index contributed by atoms with van der Waals surface area (Å²) < 4.78 is 0. The lowest BCUT2D eigenvalue weighted by atomic mass is 10.1. The van der Waals surface area contributed by atoms with Gasteiger partial charge in [-0.05, 0) is 56.0 Å². The van der Waals surface area contributed by atoms with Crippen LogP contribution in [0.25, 0.3) is 0 Å². The minimum Gasteiger partial charge on any atom is -0.354 e. The number of thioether (sulfide) groups is 1. The monoisotopic (exact) mass is 389 g/mol. The average molecular weight is 390 g/mol. The number of nitrogens with zero attached hydrogens (tertiary/aromatic N) is 2. The van der Waals surface area contributed by atoms with Crippen LogP contribution in [0.2, 0.25) is 0 Å². The number of benzene rings is 1. The first kappa shape index (κ1) is 20.2. The zero-order valence-electron chi connectivity index (χ0n) is 16.4. The van der Waals surface area contributed by atoms with E-state index in [1.165, 1.54) is 31.5 Å². The van der Waals surface area contributed by atoms with Gasteiger partial charge in [0.1, 0.15) is 6.04 Å². The molecule has 1 atom stereocenters. The fourth-order valence-electron chi connectivity index (χ4n) is 3.58. The highest BCUT2D eigenvalue weighted by molar-refractivity contribution is 7.99. The fraction of sp³-hybridized carbons (Fsp3) is 0.619. The van der Waals surface area contributed by atoms with Crippen LogP contribution in [0.4, 0.5) is 0 Å². The Kier molecular flexibility index (Phi) is 7.19. The van der Waals surface area contributed by atoms with Crippen LogP contribution < -0.4 is 5.32 Å². The molecule has 0 aliphatic carbocycles. The SMILES string of the molecule is CC(C)CCNC(=O)C1CSCN1C(=O)c1ccc(CN2CCCC2)cc1. The standard InChI is InChI=1S/C21H31N3O2S/c1-16(2)9-10-22-20(25)19-14-27-15-24(19)21(26)18-7-5-17(6-8-18)13-23-11-3-4-12-23/h5-8,16,19H,3-4,9-15H2,1-2H3,(H,22,25). The Morgan fingerprint density at radius 1 is 1.19 bits per heavy atom. The molecule has 0 radical (unpaired) electrons. The van der Waals surface area contributed by atoms with Crippen molar-refractivity contribution in [2.24, 2.45) is 5.92 Å². The van der Waals surface area contributed by atoms with Gasteiger partial charge >= 0.3 is 0 Å². The molecular formula is C21H31N3O2S. The van der Waals surface area contributed by atoms with Crippen LogP contribution >= 0.6 is 11.8 Å². The Balaban J connectivity index is 1.57. The van der Waals surface area contributed by atoms with Gasteiger partial charge in [0.2, 0.25) is 5.91 Å². The summed E-state index contributed by atoms with van der Waals surface area (Å²) >= 11 is 1.64. The van der Waals surface area contributed by atoms with Crippen molar-refractivity contribution >= 4 is 23.6 Å². The van der Waals surface area contributed by atoms with Gasteiger partial charge in [0.15, 0.2) is 0 Å². The van der Waals surface area contributed by atoms with E-state index >= 15 is 0 Å². The number of hydrogen-bond acceptors (Lipinski definition) is 4. The van der Waals surface area contributed by atoms with E-state index in [0.29, 0.717) is 29.7 Å². The lowest BCUT2D eigenvalue weighted by molar-refractivity contribution is -0.124. The summed E-state index contributed by atoms with van der Waals surface area (Å²) in [4.78, 5) is 29.6. The molecule has 2 saturated heterocycles. The van der Waals surface area contributed by atoms with Crippen LogP contribution in [-0.4, -0.2) is 58.9 Å². The number of carbonyl (C=O) groups is 2. The Morgan fingerprint density at radius 2 is 1.89 bits per heavy atom. The molecule has 0 aromatic heterocycles. The summed E-state index contributed by atoms with van der Waals surface area (Å²) in [6, 6.07) is 7.55. The maximum absolute atomic E-state index is 12.9. The molecule has 3 rings (SSSR count). The van der Waals surface area contributed by atoms with Gasteiger partial charge in [0.25, 0.3) is 5.91 Å². The van der Waals surface area contributed by atoms with Crippen LogP contribution in [0.3, 0.4) is 0 Å². The highest BCUT2D eigenvalue weighted by Crippen LogP contribution is 2.24. The van der Waals surface area contributed by atoms with Crippen LogP contribution in [-0.2, 0) is 11.3 Å². The zero-order chi connectivity index (χ0) is 19.2. The van der Waals surface area contributed by atoms with E-state index in [1.54, 1.807) is 16.7 Å². The summed E-state index contributed by atoms with van der Waals surface area (Å²) in [7, 11) is 0. The molecule has 1 unspecified atom stereocenters. The molecular weight excluding hydrogens is 358 g/mol. The summed E-state index contributed by atoms with van der Waals surface area (Å²) in [5.74, 6) is 1.74. The molecule has 27 heavy (non-hydrogen) atoms. The summed E-state index contributed by atoms with van der Waals surface area (Å²) in [5, 5.41) is 2.99. The Hall–Kier alpha value is -1.53. The quantitative estimate of drug-likeness (QED) is 0.779. The summed E-state index contributed by atoms with van der Waals surface area (Å²) in [6.45, 7) is 8.24. The predicted molar refractivity (Wildman–Crippen MR) is 111 cm³/mol.